The minimum Gasteiger partial charge on any atom is -0.495 e. The molecule has 2 heterocycles. The number of carbonyl (C=O) groups is 1. The number of piperidine rings is 1. The van der Waals surface area contributed by atoms with Crippen molar-refractivity contribution < 1.29 is 9.53 Å². The van der Waals surface area contributed by atoms with Crippen molar-refractivity contribution in [3.8, 4) is 5.75 Å². The zero-order chi connectivity index (χ0) is 19.5. The Morgan fingerprint density at radius 2 is 1.96 bits per heavy atom. The van der Waals surface area contributed by atoms with Crippen LogP contribution in [-0.2, 0) is 4.79 Å². The van der Waals surface area contributed by atoms with Gasteiger partial charge in [-0.25, -0.2) is 0 Å². The highest BCUT2D eigenvalue weighted by atomic mass is 32.2. The molecule has 1 unspecified atom stereocenters. The molecule has 0 bridgehead atoms. The first-order chi connectivity index (χ1) is 13.7. The first kappa shape index (κ1) is 19.1. The van der Waals surface area contributed by atoms with Crippen LogP contribution in [-0.4, -0.2) is 46.1 Å². The second-order valence-corrected chi connectivity index (χ2v) is 8.69. The number of nitrogens with one attached hydrogen (secondary N) is 1. The molecule has 1 amide bonds. The van der Waals surface area contributed by atoms with Gasteiger partial charge in [0.05, 0.1) is 18.0 Å². The van der Waals surface area contributed by atoms with Gasteiger partial charge in [-0.3, -0.25) is 9.36 Å². The minimum absolute atomic E-state index is 0.0700. The van der Waals surface area contributed by atoms with E-state index in [1.807, 2.05) is 31.2 Å². The average Bonchev–Trinajstić information content (AvgIpc) is 3.49. The highest BCUT2D eigenvalue weighted by molar-refractivity contribution is 8.00. The molecule has 4 rings (SSSR count). The van der Waals surface area contributed by atoms with Crippen molar-refractivity contribution in [1.82, 2.24) is 14.8 Å². The van der Waals surface area contributed by atoms with Crippen molar-refractivity contribution in [3.63, 3.8) is 0 Å². The quantitative estimate of drug-likeness (QED) is 0.713. The maximum atomic E-state index is 12.7. The van der Waals surface area contributed by atoms with Crippen LogP contribution >= 0.6 is 11.8 Å². The van der Waals surface area contributed by atoms with E-state index in [2.05, 4.69) is 25.0 Å². The lowest BCUT2D eigenvalue weighted by molar-refractivity contribution is -0.115. The number of hydrogen-bond donors (Lipinski definition) is 1. The van der Waals surface area contributed by atoms with Gasteiger partial charge < -0.3 is 15.0 Å². The third-order valence-corrected chi connectivity index (χ3v) is 6.27. The van der Waals surface area contributed by atoms with Crippen molar-refractivity contribution in [1.29, 1.82) is 0 Å². The van der Waals surface area contributed by atoms with Crippen LogP contribution in [0.2, 0.25) is 0 Å². The standard InChI is InChI=1S/C20H27N5O2S/c1-14(18(26)21-16-8-4-5-9-17(16)27-2)28-20-23-22-19(25(20)15-10-11-15)24-12-6-3-7-13-24/h4-5,8-9,14-15H,3,6-7,10-13H2,1-2H3,(H,21,26). The maximum Gasteiger partial charge on any atom is 0.237 e. The number of nitrogens with zero attached hydrogens (tertiary/aromatic N) is 4. The van der Waals surface area contributed by atoms with E-state index in [4.69, 9.17) is 4.74 Å². The number of para-hydroxylation sites is 2. The highest BCUT2D eigenvalue weighted by Crippen LogP contribution is 2.42. The molecule has 1 saturated heterocycles. The molecule has 0 radical (unpaired) electrons. The number of methoxy groups -OCH3 is 1. The molecule has 1 aromatic heterocycles. The Morgan fingerprint density at radius 3 is 2.68 bits per heavy atom. The van der Waals surface area contributed by atoms with Crippen molar-refractivity contribution in [3.05, 3.63) is 24.3 Å². The van der Waals surface area contributed by atoms with Gasteiger partial charge in [0.15, 0.2) is 5.16 Å². The third-order valence-electron chi connectivity index (χ3n) is 5.21. The second-order valence-electron chi connectivity index (χ2n) is 7.38. The Labute approximate surface area is 169 Å². The zero-order valence-corrected chi connectivity index (χ0v) is 17.2. The largest absolute Gasteiger partial charge is 0.495 e. The summed E-state index contributed by atoms with van der Waals surface area (Å²) in [7, 11) is 1.60. The number of carbonyl (C=O) groups excluding carboxylic acids is 1. The number of anilines is 2. The molecular formula is C20H27N5O2S. The second kappa shape index (κ2) is 8.43. The lowest BCUT2D eigenvalue weighted by Gasteiger charge is -2.28. The van der Waals surface area contributed by atoms with Crippen LogP contribution in [0.5, 0.6) is 5.75 Å². The molecule has 8 heteroatoms. The molecular weight excluding hydrogens is 374 g/mol. The van der Waals surface area contributed by atoms with E-state index in [0.29, 0.717) is 17.5 Å². The molecule has 1 N–H and O–H groups in total. The summed E-state index contributed by atoms with van der Waals surface area (Å²) in [4.78, 5) is 15.1. The number of rotatable bonds is 7. The molecule has 2 aliphatic rings. The first-order valence-electron chi connectivity index (χ1n) is 9.97. The number of hydrogen-bond acceptors (Lipinski definition) is 6. The van der Waals surface area contributed by atoms with Gasteiger partial charge in [0.1, 0.15) is 5.75 Å². The van der Waals surface area contributed by atoms with E-state index in [1.54, 1.807) is 7.11 Å². The van der Waals surface area contributed by atoms with Crippen molar-refractivity contribution in [2.45, 2.75) is 55.5 Å². The van der Waals surface area contributed by atoms with Crippen LogP contribution in [0.1, 0.15) is 45.1 Å². The van der Waals surface area contributed by atoms with Crippen molar-refractivity contribution in [2.75, 3.05) is 30.4 Å². The van der Waals surface area contributed by atoms with E-state index in [-0.39, 0.29) is 11.2 Å². The first-order valence-corrected chi connectivity index (χ1v) is 10.9. The summed E-state index contributed by atoms with van der Waals surface area (Å²) >= 11 is 1.47. The van der Waals surface area contributed by atoms with Gasteiger partial charge >= 0.3 is 0 Å². The van der Waals surface area contributed by atoms with E-state index < -0.39 is 0 Å². The number of amides is 1. The van der Waals surface area contributed by atoms with Gasteiger partial charge in [0.2, 0.25) is 11.9 Å². The summed E-state index contributed by atoms with van der Waals surface area (Å²) in [6.07, 6.45) is 6.02. The fourth-order valence-corrected chi connectivity index (χ4v) is 4.42. The van der Waals surface area contributed by atoms with Gasteiger partial charge in [-0.2, -0.15) is 0 Å². The Kier molecular flexibility index (Phi) is 5.75. The van der Waals surface area contributed by atoms with Crippen LogP contribution in [0.3, 0.4) is 0 Å². The Hall–Kier alpha value is -2.22. The molecule has 0 spiro atoms. The van der Waals surface area contributed by atoms with Crippen LogP contribution < -0.4 is 15.0 Å². The van der Waals surface area contributed by atoms with Gasteiger partial charge in [0, 0.05) is 19.1 Å². The summed E-state index contributed by atoms with van der Waals surface area (Å²) in [5.74, 6) is 1.56. The molecule has 7 nitrogen and oxygen atoms in total. The summed E-state index contributed by atoms with van der Waals surface area (Å²) in [6.45, 7) is 3.99. The molecule has 28 heavy (non-hydrogen) atoms. The van der Waals surface area contributed by atoms with E-state index >= 15 is 0 Å². The maximum absolute atomic E-state index is 12.7. The van der Waals surface area contributed by atoms with Gasteiger partial charge in [-0.15, -0.1) is 10.2 Å². The van der Waals surface area contributed by atoms with E-state index in [0.717, 1.165) is 37.0 Å². The monoisotopic (exact) mass is 401 g/mol. The topological polar surface area (TPSA) is 72.3 Å². The Balaban J connectivity index is 1.47. The van der Waals surface area contributed by atoms with Crippen LogP contribution in [0.25, 0.3) is 0 Å². The fourth-order valence-electron chi connectivity index (χ4n) is 3.51. The van der Waals surface area contributed by atoms with Crippen LogP contribution in [0, 0.1) is 0 Å². The molecule has 1 atom stereocenters. The SMILES string of the molecule is COc1ccccc1NC(=O)C(C)Sc1nnc(N2CCCCC2)n1C1CC1. The molecule has 1 aliphatic carbocycles. The normalized spacial score (nSPS) is 18.0. The van der Waals surface area contributed by atoms with Crippen molar-refractivity contribution >= 4 is 29.3 Å². The van der Waals surface area contributed by atoms with Crippen LogP contribution in [0.4, 0.5) is 11.6 Å². The van der Waals surface area contributed by atoms with Gasteiger partial charge in [0.25, 0.3) is 0 Å². The fraction of sp³-hybridized carbons (Fsp3) is 0.550. The van der Waals surface area contributed by atoms with Crippen LogP contribution in [0.15, 0.2) is 29.4 Å². The van der Waals surface area contributed by atoms with Gasteiger partial charge in [-0.1, -0.05) is 23.9 Å². The summed E-state index contributed by atoms with van der Waals surface area (Å²) in [6, 6.07) is 7.91. The molecule has 1 saturated carbocycles. The van der Waals surface area contributed by atoms with E-state index in [1.165, 1.54) is 31.0 Å². The number of thioether (sulfide) groups is 1. The molecule has 2 aromatic rings. The Morgan fingerprint density at radius 1 is 1.21 bits per heavy atom. The predicted molar refractivity (Wildman–Crippen MR) is 111 cm³/mol. The van der Waals surface area contributed by atoms with E-state index in [9.17, 15) is 4.79 Å². The number of ether oxygens (including phenoxy) is 1. The van der Waals surface area contributed by atoms with Gasteiger partial charge in [-0.05, 0) is 51.2 Å². The zero-order valence-electron chi connectivity index (χ0n) is 16.4. The molecule has 150 valence electrons. The third kappa shape index (κ3) is 4.11. The lowest BCUT2D eigenvalue weighted by Crippen LogP contribution is -2.32. The summed E-state index contributed by atoms with van der Waals surface area (Å²) < 4.78 is 7.57. The highest BCUT2D eigenvalue weighted by Gasteiger charge is 2.33. The number of aromatic nitrogens is 3. The average molecular weight is 402 g/mol. The minimum atomic E-state index is -0.291. The lowest BCUT2D eigenvalue weighted by atomic mass is 10.1. The smallest absolute Gasteiger partial charge is 0.237 e. The summed E-state index contributed by atoms with van der Waals surface area (Å²) in [5, 5.41) is 12.4. The Bertz CT molecular complexity index is 830. The van der Waals surface area contributed by atoms with Crippen molar-refractivity contribution in [2.24, 2.45) is 0 Å². The molecule has 2 fully saturated rings. The molecule has 1 aliphatic heterocycles. The molecule has 1 aromatic carbocycles. The number of benzene rings is 1. The summed E-state index contributed by atoms with van der Waals surface area (Å²) in [5.41, 5.74) is 0.681. The predicted octanol–water partition coefficient (Wildman–Crippen LogP) is 3.73.